The number of thioether (sulfide) groups is 1. The van der Waals surface area contributed by atoms with Gasteiger partial charge in [0.25, 0.3) is 5.22 Å². The minimum absolute atomic E-state index is 0.0450. The third-order valence-electron chi connectivity index (χ3n) is 2.95. The van der Waals surface area contributed by atoms with E-state index < -0.39 is 0 Å². The van der Waals surface area contributed by atoms with Crippen LogP contribution in [0.5, 0.6) is 0 Å². The van der Waals surface area contributed by atoms with Crippen LogP contribution in [0.1, 0.15) is 29.5 Å². The Bertz CT molecular complexity index is 753. The van der Waals surface area contributed by atoms with E-state index in [9.17, 15) is 0 Å². The van der Waals surface area contributed by atoms with Gasteiger partial charge in [0.1, 0.15) is 0 Å². The van der Waals surface area contributed by atoms with Crippen LogP contribution in [0.3, 0.4) is 0 Å². The summed E-state index contributed by atoms with van der Waals surface area (Å²) in [4.78, 5) is 4.20. The van der Waals surface area contributed by atoms with E-state index in [1.54, 1.807) is 6.92 Å². The number of hydrogen-bond donors (Lipinski definition) is 0. The molecular weight excluding hydrogens is 288 g/mol. The minimum Gasteiger partial charge on any atom is -0.411 e. The van der Waals surface area contributed by atoms with Crippen molar-refractivity contribution in [1.82, 2.24) is 20.3 Å². The molecule has 0 amide bonds. The molecule has 0 bridgehead atoms. The highest BCUT2D eigenvalue weighted by atomic mass is 32.2. The molecule has 0 spiro atoms. The van der Waals surface area contributed by atoms with Crippen molar-refractivity contribution in [3.8, 4) is 11.5 Å². The van der Waals surface area contributed by atoms with Gasteiger partial charge in [-0.2, -0.15) is 4.98 Å². The van der Waals surface area contributed by atoms with Gasteiger partial charge in [0.15, 0.2) is 5.82 Å². The highest BCUT2D eigenvalue weighted by Gasteiger charge is 2.19. The zero-order valence-corrected chi connectivity index (χ0v) is 12.7. The molecule has 7 heteroatoms. The fraction of sp³-hybridized carbons (Fsp3) is 0.286. The second-order valence-corrected chi connectivity index (χ2v) is 5.92. The van der Waals surface area contributed by atoms with Crippen molar-refractivity contribution < 1.29 is 8.94 Å². The van der Waals surface area contributed by atoms with Gasteiger partial charge in [0.2, 0.25) is 11.8 Å². The molecular formula is C14H14N4O2S. The highest BCUT2D eigenvalue weighted by Crippen LogP contribution is 2.34. The summed E-state index contributed by atoms with van der Waals surface area (Å²) in [5, 5.41) is 12.4. The van der Waals surface area contributed by atoms with E-state index in [0.29, 0.717) is 22.8 Å². The van der Waals surface area contributed by atoms with Gasteiger partial charge in [0.05, 0.1) is 5.25 Å². The Balaban J connectivity index is 1.78. The lowest BCUT2D eigenvalue weighted by atomic mass is 10.1. The number of hydrogen-bond acceptors (Lipinski definition) is 7. The van der Waals surface area contributed by atoms with Gasteiger partial charge in [-0.05, 0) is 32.4 Å². The number of nitrogens with zero attached hydrogens (tertiary/aromatic N) is 4. The summed E-state index contributed by atoms with van der Waals surface area (Å²) in [5.41, 5.74) is 2.04. The van der Waals surface area contributed by atoms with E-state index in [0.717, 1.165) is 11.1 Å². The van der Waals surface area contributed by atoms with Crippen LogP contribution in [0, 0.1) is 13.8 Å². The minimum atomic E-state index is -0.0450. The fourth-order valence-corrected chi connectivity index (χ4v) is 2.57. The lowest BCUT2D eigenvalue weighted by Crippen LogP contribution is -1.88. The molecule has 0 fully saturated rings. The number of benzene rings is 1. The summed E-state index contributed by atoms with van der Waals surface area (Å²) in [7, 11) is 0. The van der Waals surface area contributed by atoms with E-state index in [4.69, 9.17) is 8.94 Å². The lowest BCUT2D eigenvalue weighted by molar-refractivity contribution is 0.375. The van der Waals surface area contributed by atoms with E-state index in [1.165, 1.54) is 11.8 Å². The normalized spacial score (nSPS) is 12.5. The molecule has 0 N–H and O–H groups in total. The van der Waals surface area contributed by atoms with Crippen molar-refractivity contribution in [3.63, 3.8) is 0 Å². The van der Waals surface area contributed by atoms with Crippen molar-refractivity contribution in [2.45, 2.75) is 31.2 Å². The van der Waals surface area contributed by atoms with Crippen LogP contribution in [0.4, 0.5) is 0 Å². The number of aryl methyl sites for hydroxylation is 2. The summed E-state index contributed by atoms with van der Waals surface area (Å²) >= 11 is 1.39. The fourth-order valence-electron chi connectivity index (χ4n) is 1.86. The number of aromatic nitrogens is 4. The zero-order valence-electron chi connectivity index (χ0n) is 11.9. The molecule has 1 atom stereocenters. The third-order valence-corrected chi connectivity index (χ3v) is 3.87. The van der Waals surface area contributed by atoms with Gasteiger partial charge in [0, 0.05) is 5.56 Å². The van der Waals surface area contributed by atoms with Crippen LogP contribution in [0.25, 0.3) is 11.5 Å². The number of rotatable bonds is 4. The molecule has 0 saturated carbocycles. The van der Waals surface area contributed by atoms with Crippen LogP contribution < -0.4 is 0 Å². The van der Waals surface area contributed by atoms with Crippen molar-refractivity contribution >= 4 is 11.8 Å². The summed E-state index contributed by atoms with van der Waals surface area (Å²) in [6.45, 7) is 5.75. The van der Waals surface area contributed by atoms with Crippen LogP contribution in [0.15, 0.2) is 38.4 Å². The monoisotopic (exact) mass is 302 g/mol. The maximum absolute atomic E-state index is 5.70. The Kier molecular flexibility index (Phi) is 3.74. The molecule has 0 saturated heterocycles. The smallest absolute Gasteiger partial charge is 0.277 e. The van der Waals surface area contributed by atoms with Gasteiger partial charge in [-0.3, -0.25) is 0 Å². The molecule has 1 unspecified atom stereocenters. The first-order valence-electron chi connectivity index (χ1n) is 6.50. The summed E-state index contributed by atoms with van der Waals surface area (Å²) < 4.78 is 10.8. The average Bonchev–Trinajstić information content (AvgIpc) is 3.08. The van der Waals surface area contributed by atoms with Crippen LogP contribution in [-0.2, 0) is 0 Å². The SMILES string of the molecule is Cc1noc(C(C)Sc2nnc(-c3ccccc3C)o2)n1. The Morgan fingerprint density at radius 3 is 2.67 bits per heavy atom. The van der Waals surface area contributed by atoms with Gasteiger partial charge >= 0.3 is 0 Å². The second kappa shape index (κ2) is 5.69. The zero-order chi connectivity index (χ0) is 14.8. The predicted molar refractivity (Wildman–Crippen MR) is 77.8 cm³/mol. The van der Waals surface area contributed by atoms with Crippen LogP contribution in [-0.4, -0.2) is 20.3 Å². The van der Waals surface area contributed by atoms with Gasteiger partial charge in [-0.25, -0.2) is 0 Å². The summed E-state index contributed by atoms with van der Waals surface area (Å²) in [6.07, 6.45) is 0. The molecule has 21 heavy (non-hydrogen) atoms. The molecule has 3 rings (SSSR count). The molecule has 2 heterocycles. The van der Waals surface area contributed by atoms with E-state index in [-0.39, 0.29) is 5.25 Å². The topological polar surface area (TPSA) is 77.8 Å². The first-order valence-corrected chi connectivity index (χ1v) is 7.38. The Hall–Kier alpha value is -2.15. The Morgan fingerprint density at radius 1 is 1.14 bits per heavy atom. The quantitative estimate of drug-likeness (QED) is 0.681. The van der Waals surface area contributed by atoms with Crippen molar-refractivity contribution in [2.24, 2.45) is 0 Å². The third kappa shape index (κ3) is 2.97. The first-order chi connectivity index (χ1) is 10.1. The maximum Gasteiger partial charge on any atom is 0.277 e. The summed E-state index contributed by atoms with van der Waals surface area (Å²) in [6, 6.07) is 7.90. The molecule has 2 aromatic heterocycles. The highest BCUT2D eigenvalue weighted by molar-refractivity contribution is 7.99. The predicted octanol–water partition coefficient (Wildman–Crippen LogP) is 3.59. The molecule has 0 aliphatic rings. The van der Waals surface area contributed by atoms with Crippen molar-refractivity contribution in [2.75, 3.05) is 0 Å². The first kappa shape index (κ1) is 13.8. The second-order valence-electron chi connectivity index (χ2n) is 4.63. The summed E-state index contributed by atoms with van der Waals surface area (Å²) in [5.74, 6) is 1.68. The molecule has 0 radical (unpaired) electrons. The molecule has 108 valence electrons. The van der Waals surface area contributed by atoms with Crippen molar-refractivity contribution in [3.05, 3.63) is 41.5 Å². The Labute approximate surface area is 126 Å². The van der Waals surface area contributed by atoms with E-state index in [2.05, 4.69) is 20.3 Å². The lowest BCUT2D eigenvalue weighted by Gasteiger charge is -2.01. The van der Waals surface area contributed by atoms with Gasteiger partial charge in [-0.15, -0.1) is 10.2 Å². The largest absolute Gasteiger partial charge is 0.411 e. The van der Waals surface area contributed by atoms with E-state index in [1.807, 2.05) is 38.1 Å². The van der Waals surface area contributed by atoms with Crippen molar-refractivity contribution in [1.29, 1.82) is 0 Å². The maximum atomic E-state index is 5.70. The average molecular weight is 302 g/mol. The van der Waals surface area contributed by atoms with Crippen LogP contribution >= 0.6 is 11.8 Å². The van der Waals surface area contributed by atoms with Gasteiger partial charge < -0.3 is 8.94 Å². The molecule has 6 nitrogen and oxygen atoms in total. The molecule has 3 aromatic rings. The molecule has 0 aliphatic heterocycles. The molecule has 0 aliphatic carbocycles. The van der Waals surface area contributed by atoms with Gasteiger partial charge in [-0.1, -0.05) is 35.1 Å². The van der Waals surface area contributed by atoms with E-state index >= 15 is 0 Å². The Morgan fingerprint density at radius 2 is 1.95 bits per heavy atom. The molecule has 1 aromatic carbocycles. The standard InChI is InChI=1S/C14H14N4O2S/c1-8-6-4-5-7-11(8)13-16-17-14(19-13)21-9(2)12-15-10(3)18-20-12/h4-7,9H,1-3H3. The van der Waals surface area contributed by atoms with Crippen LogP contribution in [0.2, 0.25) is 0 Å².